The van der Waals surface area contributed by atoms with Crippen molar-refractivity contribution in [2.75, 3.05) is 7.11 Å². The predicted molar refractivity (Wildman–Crippen MR) is 72.3 cm³/mol. The molecule has 0 spiro atoms. The third-order valence-corrected chi connectivity index (χ3v) is 4.26. The van der Waals surface area contributed by atoms with E-state index in [1.165, 1.54) is 0 Å². The van der Waals surface area contributed by atoms with Gasteiger partial charge < -0.3 is 9.47 Å². The number of ether oxygens (including phenoxy) is 2. The summed E-state index contributed by atoms with van der Waals surface area (Å²) in [4.78, 5) is 12.4. The molecular weight excluding hydrogens is 240 g/mol. The number of benzene rings is 1. The molecule has 2 unspecified atom stereocenters. The van der Waals surface area contributed by atoms with Crippen LogP contribution in [0.1, 0.15) is 31.2 Å². The molecule has 2 aliphatic rings. The van der Waals surface area contributed by atoms with Gasteiger partial charge in [-0.3, -0.25) is 4.79 Å². The minimum absolute atomic E-state index is 0.192. The second kappa shape index (κ2) is 5.33. The van der Waals surface area contributed by atoms with Crippen molar-refractivity contribution in [3.8, 4) is 5.75 Å². The molecule has 19 heavy (non-hydrogen) atoms. The van der Waals surface area contributed by atoms with Crippen molar-refractivity contribution >= 4 is 5.78 Å². The first-order valence-corrected chi connectivity index (χ1v) is 7.05. The highest BCUT2D eigenvalue weighted by Gasteiger charge is 2.37. The van der Waals surface area contributed by atoms with Gasteiger partial charge in [0.25, 0.3) is 0 Å². The van der Waals surface area contributed by atoms with Crippen LogP contribution in [-0.4, -0.2) is 25.1 Å². The van der Waals surface area contributed by atoms with Gasteiger partial charge in [-0.1, -0.05) is 12.1 Å². The average molecular weight is 260 g/mol. The fraction of sp³-hybridized carbons (Fsp3) is 0.562. The molecule has 2 aliphatic heterocycles. The van der Waals surface area contributed by atoms with E-state index in [9.17, 15) is 4.79 Å². The molecule has 0 N–H and O–H groups in total. The van der Waals surface area contributed by atoms with E-state index in [4.69, 9.17) is 9.47 Å². The zero-order valence-corrected chi connectivity index (χ0v) is 11.3. The second-order valence-electron chi connectivity index (χ2n) is 5.62. The summed E-state index contributed by atoms with van der Waals surface area (Å²) in [7, 11) is 1.65. The van der Waals surface area contributed by atoms with Gasteiger partial charge in [-0.05, 0) is 43.4 Å². The van der Waals surface area contributed by atoms with Gasteiger partial charge in [-0.25, -0.2) is 0 Å². The van der Waals surface area contributed by atoms with Crippen molar-refractivity contribution < 1.29 is 14.3 Å². The van der Waals surface area contributed by atoms with Crippen molar-refractivity contribution in [2.45, 2.75) is 44.3 Å². The highest BCUT2D eigenvalue weighted by Crippen LogP contribution is 2.36. The summed E-state index contributed by atoms with van der Waals surface area (Å²) in [5.74, 6) is 1.36. The molecule has 3 rings (SSSR count). The minimum atomic E-state index is 0.192. The third kappa shape index (κ3) is 2.81. The number of hydrogen-bond acceptors (Lipinski definition) is 3. The molecule has 2 atom stereocenters. The zero-order valence-electron chi connectivity index (χ0n) is 11.3. The summed E-state index contributed by atoms with van der Waals surface area (Å²) < 4.78 is 11.0. The van der Waals surface area contributed by atoms with Crippen LogP contribution in [0.5, 0.6) is 5.75 Å². The molecule has 3 nitrogen and oxygen atoms in total. The third-order valence-electron chi connectivity index (χ3n) is 4.26. The lowest BCUT2D eigenvalue weighted by molar-refractivity contribution is -0.127. The molecule has 1 aromatic rings. The van der Waals surface area contributed by atoms with E-state index in [1.807, 2.05) is 24.3 Å². The summed E-state index contributed by atoms with van der Waals surface area (Å²) in [5.41, 5.74) is 1.04. The van der Waals surface area contributed by atoms with Crippen molar-refractivity contribution in [3.05, 3.63) is 29.8 Å². The molecule has 102 valence electrons. The molecular formula is C16H20O3. The molecule has 2 heterocycles. The maximum Gasteiger partial charge on any atom is 0.140 e. The summed E-state index contributed by atoms with van der Waals surface area (Å²) in [6.45, 7) is 0. The fourth-order valence-electron chi connectivity index (χ4n) is 3.25. The van der Waals surface area contributed by atoms with E-state index < -0.39 is 0 Å². The molecule has 2 saturated heterocycles. The van der Waals surface area contributed by atoms with E-state index in [0.29, 0.717) is 24.4 Å². The number of carbonyl (C=O) groups is 1. The van der Waals surface area contributed by atoms with Crippen LogP contribution in [0, 0.1) is 5.92 Å². The Hall–Kier alpha value is -1.35. The first kappa shape index (κ1) is 12.7. The van der Waals surface area contributed by atoms with E-state index in [1.54, 1.807) is 7.11 Å². The quantitative estimate of drug-likeness (QED) is 0.835. The molecule has 3 heteroatoms. The lowest BCUT2D eigenvalue weighted by atomic mass is 9.88. The van der Waals surface area contributed by atoms with Gasteiger partial charge in [0.2, 0.25) is 0 Å². The number of fused-ring (bicyclic) bond motifs is 2. The monoisotopic (exact) mass is 260 g/mol. The van der Waals surface area contributed by atoms with Crippen LogP contribution < -0.4 is 4.74 Å². The first-order valence-electron chi connectivity index (χ1n) is 7.05. The lowest BCUT2D eigenvalue weighted by Crippen LogP contribution is -2.30. The van der Waals surface area contributed by atoms with E-state index >= 15 is 0 Å². The molecule has 0 aliphatic carbocycles. The van der Waals surface area contributed by atoms with Crippen molar-refractivity contribution in [3.63, 3.8) is 0 Å². The Morgan fingerprint density at radius 1 is 1.32 bits per heavy atom. The van der Waals surface area contributed by atoms with Gasteiger partial charge in [0.05, 0.1) is 19.3 Å². The Balaban J connectivity index is 1.64. The molecule has 0 radical (unpaired) electrons. The number of ketones is 1. The summed E-state index contributed by atoms with van der Waals surface area (Å²) >= 11 is 0. The van der Waals surface area contributed by atoms with Crippen LogP contribution in [0.25, 0.3) is 0 Å². The van der Waals surface area contributed by atoms with Gasteiger partial charge >= 0.3 is 0 Å². The van der Waals surface area contributed by atoms with Gasteiger partial charge in [-0.15, -0.1) is 0 Å². The number of hydrogen-bond donors (Lipinski definition) is 0. The summed E-state index contributed by atoms with van der Waals surface area (Å²) in [6.07, 6.45) is 5.28. The Kier molecular flexibility index (Phi) is 3.56. The number of rotatable bonds is 4. The molecule has 0 amide bonds. The largest absolute Gasteiger partial charge is 0.497 e. The van der Waals surface area contributed by atoms with Crippen molar-refractivity contribution in [2.24, 2.45) is 5.92 Å². The normalized spacial score (nSPS) is 29.2. The van der Waals surface area contributed by atoms with Crippen molar-refractivity contribution in [1.82, 2.24) is 0 Å². The SMILES string of the molecule is COc1cccc(CC(=O)C2CC3CCC(C2)O3)c1. The van der Waals surface area contributed by atoms with Crippen LogP contribution in [-0.2, 0) is 16.0 Å². The Morgan fingerprint density at radius 3 is 2.74 bits per heavy atom. The topological polar surface area (TPSA) is 35.5 Å². The van der Waals surface area contributed by atoms with Crippen LogP contribution in [0.3, 0.4) is 0 Å². The van der Waals surface area contributed by atoms with Crippen LogP contribution >= 0.6 is 0 Å². The van der Waals surface area contributed by atoms with Gasteiger partial charge in [-0.2, -0.15) is 0 Å². The number of methoxy groups -OCH3 is 1. The second-order valence-corrected chi connectivity index (χ2v) is 5.62. The van der Waals surface area contributed by atoms with Crippen molar-refractivity contribution in [1.29, 1.82) is 0 Å². The maximum atomic E-state index is 12.4. The van der Waals surface area contributed by atoms with E-state index in [0.717, 1.165) is 37.0 Å². The van der Waals surface area contributed by atoms with Gasteiger partial charge in [0.15, 0.2) is 0 Å². The number of Topliss-reactive ketones (excluding diaryl/α,β-unsaturated/α-hetero) is 1. The first-order chi connectivity index (χ1) is 9.24. The van der Waals surface area contributed by atoms with Crippen LogP contribution in [0.4, 0.5) is 0 Å². The lowest BCUT2D eigenvalue weighted by Gasteiger charge is -2.27. The van der Waals surface area contributed by atoms with Crippen LogP contribution in [0.15, 0.2) is 24.3 Å². The Labute approximate surface area is 113 Å². The summed E-state index contributed by atoms with van der Waals surface area (Å²) in [6, 6.07) is 7.79. The Morgan fingerprint density at radius 2 is 2.05 bits per heavy atom. The standard InChI is InChI=1S/C16H20O3/c1-18-13-4-2-3-11(7-13)8-16(17)12-9-14-5-6-15(10-12)19-14/h2-4,7,12,14-15H,5-6,8-10H2,1H3. The van der Waals surface area contributed by atoms with E-state index in [2.05, 4.69) is 0 Å². The smallest absolute Gasteiger partial charge is 0.140 e. The fourth-order valence-corrected chi connectivity index (χ4v) is 3.25. The molecule has 1 aromatic carbocycles. The predicted octanol–water partition coefficient (Wildman–Crippen LogP) is 2.76. The van der Waals surface area contributed by atoms with Crippen LogP contribution in [0.2, 0.25) is 0 Å². The average Bonchev–Trinajstić information content (AvgIpc) is 2.77. The number of carbonyl (C=O) groups excluding carboxylic acids is 1. The maximum absolute atomic E-state index is 12.4. The van der Waals surface area contributed by atoms with E-state index in [-0.39, 0.29) is 5.92 Å². The Bertz CT molecular complexity index is 457. The highest BCUT2D eigenvalue weighted by molar-refractivity contribution is 5.83. The van der Waals surface area contributed by atoms with Gasteiger partial charge in [0.1, 0.15) is 11.5 Å². The molecule has 2 bridgehead atoms. The highest BCUT2D eigenvalue weighted by atomic mass is 16.5. The summed E-state index contributed by atoms with van der Waals surface area (Å²) in [5, 5.41) is 0. The minimum Gasteiger partial charge on any atom is -0.497 e. The molecule has 0 aromatic heterocycles. The van der Waals surface area contributed by atoms with Gasteiger partial charge in [0, 0.05) is 12.3 Å². The zero-order chi connectivity index (χ0) is 13.2. The molecule has 0 saturated carbocycles. The molecule has 2 fully saturated rings.